The molecule has 1 aliphatic heterocycles. The Kier molecular flexibility index (Phi) is 4.20. The maximum Gasteiger partial charge on any atom is 0.147 e. The van der Waals surface area contributed by atoms with Crippen molar-refractivity contribution in [2.75, 3.05) is 7.11 Å². The van der Waals surface area contributed by atoms with Crippen LogP contribution in [0.15, 0.2) is 24.3 Å². The van der Waals surface area contributed by atoms with Crippen molar-refractivity contribution in [3.05, 3.63) is 41.5 Å². The van der Waals surface area contributed by atoms with Crippen LogP contribution in [-0.2, 0) is 19.5 Å². The molecule has 0 saturated carbocycles. The Balaban J connectivity index is 1.62. The Labute approximate surface area is 125 Å². The van der Waals surface area contributed by atoms with Crippen LogP contribution >= 0.6 is 0 Å². The first-order chi connectivity index (χ1) is 10.3. The number of methoxy groups -OCH3 is 1. The van der Waals surface area contributed by atoms with E-state index in [4.69, 9.17) is 4.74 Å². The van der Waals surface area contributed by atoms with Gasteiger partial charge in [0, 0.05) is 19.0 Å². The average Bonchev–Trinajstić information content (AvgIpc) is 2.96. The fraction of sp³-hybridized carbons (Fsp3) is 0.500. The monoisotopic (exact) mass is 286 g/mol. The van der Waals surface area contributed by atoms with Crippen molar-refractivity contribution in [3.8, 4) is 5.75 Å². The average molecular weight is 286 g/mol. The molecule has 0 unspecified atom stereocenters. The third-order valence-electron chi connectivity index (χ3n) is 4.12. The minimum Gasteiger partial charge on any atom is -0.497 e. The van der Waals surface area contributed by atoms with Gasteiger partial charge in [0.05, 0.1) is 13.7 Å². The maximum absolute atomic E-state index is 5.19. The first kappa shape index (κ1) is 14.1. The Bertz CT molecular complexity index is 591. The minimum atomic E-state index is 0.271. The number of aromatic nitrogens is 3. The van der Waals surface area contributed by atoms with Crippen LogP contribution < -0.4 is 10.1 Å². The third kappa shape index (κ3) is 3.08. The number of aryl methyl sites for hydroxylation is 1. The molecule has 0 saturated heterocycles. The number of nitrogens with one attached hydrogen (secondary N) is 1. The van der Waals surface area contributed by atoms with E-state index in [1.807, 2.05) is 12.1 Å². The highest BCUT2D eigenvalue weighted by Crippen LogP contribution is 2.18. The van der Waals surface area contributed by atoms with Gasteiger partial charge in [0.25, 0.3) is 0 Å². The van der Waals surface area contributed by atoms with Gasteiger partial charge in [-0.2, -0.15) is 0 Å². The lowest BCUT2D eigenvalue weighted by molar-refractivity contribution is 0.414. The minimum absolute atomic E-state index is 0.271. The first-order valence-electron chi connectivity index (χ1n) is 7.56. The number of hydrogen-bond acceptors (Lipinski definition) is 4. The Hall–Kier alpha value is -1.88. The second-order valence-electron chi connectivity index (χ2n) is 5.52. The smallest absolute Gasteiger partial charge is 0.147 e. The van der Waals surface area contributed by atoms with Crippen molar-refractivity contribution in [1.82, 2.24) is 20.1 Å². The van der Waals surface area contributed by atoms with E-state index in [0.29, 0.717) is 0 Å². The van der Waals surface area contributed by atoms with Gasteiger partial charge in [-0.3, -0.25) is 0 Å². The Morgan fingerprint density at radius 2 is 2.05 bits per heavy atom. The summed E-state index contributed by atoms with van der Waals surface area (Å²) in [5.74, 6) is 3.07. The van der Waals surface area contributed by atoms with Crippen LogP contribution in [0.1, 0.15) is 43.0 Å². The van der Waals surface area contributed by atoms with Crippen LogP contribution in [0.2, 0.25) is 0 Å². The fourth-order valence-electron chi connectivity index (χ4n) is 2.75. The van der Waals surface area contributed by atoms with Gasteiger partial charge in [-0.15, -0.1) is 10.2 Å². The highest BCUT2D eigenvalue weighted by atomic mass is 16.5. The van der Waals surface area contributed by atoms with Gasteiger partial charge < -0.3 is 14.6 Å². The van der Waals surface area contributed by atoms with Gasteiger partial charge in [0.2, 0.25) is 0 Å². The highest BCUT2D eigenvalue weighted by molar-refractivity contribution is 5.28. The number of nitrogens with zero attached hydrogens (tertiary/aromatic N) is 3. The molecule has 1 aromatic heterocycles. The van der Waals surface area contributed by atoms with Crippen LogP contribution in [0.3, 0.4) is 0 Å². The quantitative estimate of drug-likeness (QED) is 0.917. The van der Waals surface area contributed by atoms with Crippen molar-refractivity contribution in [2.45, 2.75) is 45.3 Å². The highest BCUT2D eigenvalue weighted by Gasteiger charge is 2.16. The van der Waals surface area contributed by atoms with Crippen molar-refractivity contribution < 1.29 is 4.74 Å². The SMILES string of the molecule is COc1ccc([C@H](C)NCc2nnc3n2CCCC3)cc1. The summed E-state index contributed by atoms with van der Waals surface area (Å²) in [5.41, 5.74) is 1.24. The molecule has 1 N–H and O–H groups in total. The fourth-order valence-corrected chi connectivity index (χ4v) is 2.75. The molecule has 0 aliphatic carbocycles. The molecular weight excluding hydrogens is 264 g/mol. The molecule has 112 valence electrons. The van der Waals surface area contributed by atoms with Crippen molar-refractivity contribution in [3.63, 3.8) is 0 Å². The second kappa shape index (κ2) is 6.26. The number of ether oxygens (including phenoxy) is 1. The lowest BCUT2D eigenvalue weighted by atomic mass is 10.1. The normalized spacial score (nSPS) is 15.5. The summed E-state index contributed by atoms with van der Waals surface area (Å²) in [7, 11) is 1.69. The number of benzene rings is 1. The lowest BCUT2D eigenvalue weighted by Crippen LogP contribution is -2.22. The van der Waals surface area contributed by atoms with Gasteiger partial charge in [-0.25, -0.2) is 0 Å². The molecule has 3 rings (SSSR count). The topological polar surface area (TPSA) is 52.0 Å². The van der Waals surface area contributed by atoms with E-state index in [-0.39, 0.29) is 6.04 Å². The van der Waals surface area contributed by atoms with Crippen LogP contribution in [0.4, 0.5) is 0 Å². The van der Waals surface area contributed by atoms with Gasteiger partial charge in [-0.05, 0) is 37.5 Å². The van der Waals surface area contributed by atoms with E-state index in [2.05, 4.69) is 39.1 Å². The molecule has 21 heavy (non-hydrogen) atoms. The van der Waals surface area contributed by atoms with E-state index in [1.165, 1.54) is 18.4 Å². The molecule has 1 aliphatic rings. The molecule has 1 atom stereocenters. The van der Waals surface area contributed by atoms with E-state index in [1.54, 1.807) is 7.11 Å². The van der Waals surface area contributed by atoms with Crippen molar-refractivity contribution in [1.29, 1.82) is 0 Å². The summed E-state index contributed by atoms with van der Waals surface area (Å²) in [5, 5.41) is 12.1. The van der Waals surface area contributed by atoms with Gasteiger partial charge in [-0.1, -0.05) is 12.1 Å². The summed E-state index contributed by atoms with van der Waals surface area (Å²) in [6, 6.07) is 8.44. The summed E-state index contributed by atoms with van der Waals surface area (Å²) >= 11 is 0. The summed E-state index contributed by atoms with van der Waals surface area (Å²) < 4.78 is 7.45. The Morgan fingerprint density at radius 1 is 1.24 bits per heavy atom. The predicted octanol–water partition coefficient (Wildman–Crippen LogP) is 2.47. The Morgan fingerprint density at radius 3 is 2.81 bits per heavy atom. The van der Waals surface area contributed by atoms with Gasteiger partial charge >= 0.3 is 0 Å². The maximum atomic E-state index is 5.19. The van der Waals surface area contributed by atoms with Crippen LogP contribution in [0.25, 0.3) is 0 Å². The molecule has 5 heteroatoms. The lowest BCUT2D eigenvalue weighted by Gasteiger charge is -2.17. The molecular formula is C16H22N4O. The standard InChI is InChI=1S/C16H22N4O/c1-12(13-6-8-14(21-2)9-7-13)17-11-16-19-18-15-5-3-4-10-20(15)16/h6-9,12,17H,3-5,10-11H2,1-2H3/t12-/m0/s1. The van der Waals surface area contributed by atoms with Crippen LogP contribution in [-0.4, -0.2) is 21.9 Å². The predicted molar refractivity (Wildman–Crippen MR) is 81.2 cm³/mol. The summed E-state index contributed by atoms with van der Waals surface area (Å²) in [6.07, 6.45) is 3.51. The summed E-state index contributed by atoms with van der Waals surface area (Å²) in [4.78, 5) is 0. The second-order valence-corrected chi connectivity index (χ2v) is 5.52. The third-order valence-corrected chi connectivity index (χ3v) is 4.12. The largest absolute Gasteiger partial charge is 0.497 e. The number of fused-ring (bicyclic) bond motifs is 1. The number of hydrogen-bond donors (Lipinski definition) is 1. The molecule has 2 aromatic rings. The van der Waals surface area contributed by atoms with E-state index < -0.39 is 0 Å². The molecule has 0 bridgehead atoms. The molecule has 0 spiro atoms. The van der Waals surface area contributed by atoms with Gasteiger partial charge in [0.15, 0.2) is 0 Å². The number of rotatable bonds is 5. The molecule has 0 fully saturated rings. The zero-order valence-electron chi connectivity index (χ0n) is 12.7. The van der Waals surface area contributed by atoms with Crippen LogP contribution in [0, 0.1) is 0 Å². The van der Waals surface area contributed by atoms with Crippen molar-refractivity contribution in [2.24, 2.45) is 0 Å². The molecule has 1 aromatic carbocycles. The van der Waals surface area contributed by atoms with Gasteiger partial charge in [0.1, 0.15) is 17.4 Å². The molecule has 0 amide bonds. The van der Waals surface area contributed by atoms with Crippen molar-refractivity contribution >= 4 is 0 Å². The van der Waals surface area contributed by atoms with E-state index in [9.17, 15) is 0 Å². The first-order valence-corrected chi connectivity index (χ1v) is 7.56. The molecule has 5 nitrogen and oxygen atoms in total. The zero-order chi connectivity index (χ0) is 14.7. The zero-order valence-corrected chi connectivity index (χ0v) is 12.7. The summed E-state index contributed by atoms with van der Waals surface area (Å²) in [6.45, 7) is 3.96. The van der Waals surface area contributed by atoms with E-state index in [0.717, 1.165) is 36.9 Å². The van der Waals surface area contributed by atoms with Crippen LogP contribution in [0.5, 0.6) is 5.75 Å². The molecule has 0 radical (unpaired) electrons. The molecule has 2 heterocycles. The van der Waals surface area contributed by atoms with E-state index >= 15 is 0 Å².